The molecule has 0 saturated carbocycles. The van der Waals surface area contributed by atoms with E-state index >= 15 is 0 Å². The van der Waals surface area contributed by atoms with Gasteiger partial charge in [0.1, 0.15) is 6.61 Å². The Labute approximate surface area is 186 Å². The summed E-state index contributed by atoms with van der Waals surface area (Å²) in [7, 11) is 0. The van der Waals surface area contributed by atoms with Gasteiger partial charge in [-0.15, -0.1) is 11.3 Å². The Bertz CT molecular complexity index is 1010. The van der Waals surface area contributed by atoms with Crippen LogP contribution < -0.4 is 20.9 Å². The van der Waals surface area contributed by atoms with Crippen LogP contribution in [0.15, 0.2) is 52.4 Å². The van der Waals surface area contributed by atoms with Gasteiger partial charge < -0.3 is 10.1 Å². The lowest BCUT2D eigenvalue weighted by Crippen LogP contribution is -2.40. The van der Waals surface area contributed by atoms with Gasteiger partial charge in [0.25, 0.3) is 0 Å². The lowest BCUT2D eigenvalue weighted by atomic mass is 10.2. The van der Waals surface area contributed by atoms with Gasteiger partial charge in [-0.1, -0.05) is 30.3 Å². The third kappa shape index (κ3) is 6.82. The fourth-order valence-corrected chi connectivity index (χ4v) is 3.46. The summed E-state index contributed by atoms with van der Waals surface area (Å²) in [4.78, 5) is 31.4. The van der Waals surface area contributed by atoms with Crippen LogP contribution in [0.5, 0.6) is 5.75 Å². The summed E-state index contributed by atoms with van der Waals surface area (Å²) >= 11 is 4.83. The predicted molar refractivity (Wildman–Crippen MR) is 118 cm³/mol. The number of hydrogen-bond donors (Lipinski definition) is 3. The maximum absolute atomic E-state index is 11.7. The van der Waals surface area contributed by atoms with Gasteiger partial charge in [0.05, 0.1) is 5.69 Å². The quantitative estimate of drug-likeness (QED) is 0.416. The molecule has 0 unspecified atom stereocenters. The highest BCUT2D eigenvalue weighted by Crippen LogP contribution is 2.30. The van der Waals surface area contributed by atoms with Gasteiger partial charge in [0.2, 0.25) is 11.8 Å². The van der Waals surface area contributed by atoms with Crippen LogP contribution in [0.25, 0.3) is 0 Å². The third-order valence-corrected chi connectivity index (χ3v) is 5.06. The van der Waals surface area contributed by atoms with Crippen LogP contribution >= 0.6 is 27.3 Å². The summed E-state index contributed by atoms with van der Waals surface area (Å²) in [5.41, 5.74) is 6.41. The van der Waals surface area contributed by atoms with Gasteiger partial charge in [-0.05, 0) is 34.0 Å². The van der Waals surface area contributed by atoms with E-state index in [2.05, 4.69) is 42.1 Å². The molecule has 0 fully saturated rings. The molecular formula is C20H20BrN5O3S. The number of nitrogens with zero attached hydrogens (tertiary/aromatic N) is 2. The number of nitrogens with one attached hydrogen (secondary N) is 3. The first-order valence-electron chi connectivity index (χ1n) is 9.08. The summed E-state index contributed by atoms with van der Waals surface area (Å²) in [5.74, 6) is 0.549. The second kappa shape index (κ2) is 10.7. The molecule has 8 nitrogen and oxygen atoms in total. The van der Waals surface area contributed by atoms with E-state index in [1.165, 1.54) is 18.3 Å². The third-order valence-electron chi connectivity index (χ3n) is 3.82. The summed E-state index contributed by atoms with van der Waals surface area (Å²) < 4.78 is 6.75. The number of thiazole rings is 1. The molecule has 3 aromatic rings. The highest BCUT2D eigenvalue weighted by atomic mass is 79.9. The Morgan fingerprint density at radius 2 is 2.00 bits per heavy atom. The van der Waals surface area contributed by atoms with E-state index < -0.39 is 0 Å². The zero-order chi connectivity index (χ0) is 21.3. The maximum Gasteiger partial charge on any atom is 0.238 e. The van der Waals surface area contributed by atoms with Crippen LogP contribution in [-0.2, 0) is 22.6 Å². The second-order valence-electron chi connectivity index (χ2n) is 6.27. The molecule has 0 radical (unpaired) electrons. The number of amides is 2. The summed E-state index contributed by atoms with van der Waals surface area (Å²) in [5, 5.41) is 5.69. The van der Waals surface area contributed by atoms with Gasteiger partial charge in [-0.2, -0.15) is 0 Å². The monoisotopic (exact) mass is 489 g/mol. The number of carbonyl (C=O) groups is 2. The summed E-state index contributed by atoms with van der Waals surface area (Å²) in [6.07, 6.45) is 2.35. The number of carbonyl (C=O) groups excluding carboxylic acids is 2. The van der Waals surface area contributed by atoms with Crippen LogP contribution in [0, 0.1) is 0 Å². The number of rotatable bonds is 8. The van der Waals surface area contributed by atoms with E-state index in [1.807, 2.05) is 41.8 Å². The molecule has 0 aliphatic carbocycles. The average Bonchev–Trinajstić information content (AvgIpc) is 3.19. The van der Waals surface area contributed by atoms with E-state index in [-0.39, 0.29) is 18.2 Å². The predicted octanol–water partition coefficient (Wildman–Crippen LogP) is 3.72. The number of halogens is 1. The fraction of sp³-hybridized carbons (Fsp3) is 0.200. The minimum absolute atomic E-state index is 0.214. The Morgan fingerprint density at radius 1 is 1.20 bits per heavy atom. The largest absolute Gasteiger partial charge is 0.485 e. The highest BCUT2D eigenvalue weighted by molar-refractivity contribution is 9.10. The molecule has 0 aliphatic heterocycles. The normalized spacial score (nSPS) is 10.3. The standard InChI is InChI=1S/C20H20BrN5O3S/c1-13(27)25-26-18(28)8-7-16-12-30-20(23-16)24-19-17(9-15(21)10-22-19)29-11-14-5-3-2-4-6-14/h2-6,9-10,12H,7-8,11H2,1H3,(H,25,27)(H,26,28)(H,22,23,24). The molecule has 0 aliphatic rings. The molecule has 0 bridgehead atoms. The first-order chi connectivity index (χ1) is 14.5. The van der Waals surface area contributed by atoms with E-state index in [9.17, 15) is 9.59 Å². The van der Waals surface area contributed by atoms with Crippen LogP contribution in [-0.4, -0.2) is 21.8 Å². The molecule has 30 heavy (non-hydrogen) atoms. The molecule has 3 rings (SSSR count). The van der Waals surface area contributed by atoms with E-state index in [4.69, 9.17) is 4.74 Å². The van der Waals surface area contributed by atoms with Gasteiger partial charge in [-0.3, -0.25) is 20.4 Å². The molecule has 0 spiro atoms. The Hall–Kier alpha value is -2.98. The SMILES string of the molecule is CC(=O)NNC(=O)CCc1csc(Nc2ncc(Br)cc2OCc2ccccc2)n1. The van der Waals surface area contributed by atoms with Crippen molar-refractivity contribution in [1.29, 1.82) is 0 Å². The van der Waals surface area contributed by atoms with Crippen LogP contribution in [0.4, 0.5) is 10.9 Å². The molecule has 156 valence electrons. The Morgan fingerprint density at radius 3 is 2.77 bits per heavy atom. The first kappa shape index (κ1) is 21.7. The van der Waals surface area contributed by atoms with Crippen molar-refractivity contribution < 1.29 is 14.3 Å². The van der Waals surface area contributed by atoms with Crippen molar-refractivity contribution >= 4 is 50.0 Å². The van der Waals surface area contributed by atoms with Gasteiger partial charge in [-0.25, -0.2) is 9.97 Å². The molecule has 2 amide bonds. The van der Waals surface area contributed by atoms with Crippen LogP contribution in [0.3, 0.4) is 0 Å². The van der Waals surface area contributed by atoms with Crippen molar-refractivity contribution in [2.45, 2.75) is 26.4 Å². The molecule has 2 aromatic heterocycles. The lowest BCUT2D eigenvalue weighted by Gasteiger charge is -2.11. The molecule has 0 saturated heterocycles. The highest BCUT2D eigenvalue weighted by Gasteiger charge is 2.11. The second-order valence-corrected chi connectivity index (χ2v) is 8.05. The summed E-state index contributed by atoms with van der Waals surface area (Å²) in [6.45, 7) is 1.74. The number of ether oxygens (including phenoxy) is 1. The summed E-state index contributed by atoms with van der Waals surface area (Å²) in [6, 6.07) is 11.7. The minimum Gasteiger partial charge on any atom is -0.485 e. The van der Waals surface area contributed by atoms with Gasteiger partial charge in [0, 0.05) is 29.4 Å². The van der Waals surface area contributed by atoms with E-state index in [0.29, 0.717) is 29.7 Å². The number of hydrazine groups is 1. The van der Waals surface area contributed by atoms with Crippen molar-refractivity contribution in [3.8, 4) is 5.75 Å². The number of benzene rings is 1. The first-order valence-corrected chi connectivity index (χ1v) is 10.8. The molecule has 10 heteroatoms. The van der Waals surface area contributed by atoms with Gasteiger partial charge in [0.15, 0.2) is 16.7 Å². The Kier molecular flexibility index (Phi) is 7.75. The number of anilines is 2. The number of hydrogen-bond acceptors (Lipinski definition) is 7. The van der Waals surface area contributed by atoms with E-state index in [1.54, 1.807) is 6.20 Å². The lowest BCUT2D eigenvalue weighted by molar-refractivity contribution is -0.127. The zero-order valence-corrected chi connectivity index (χ0v) is 18.5. The number of pyridine rings is 1. The smallest absolute Gasteiger partial charge is 0.238 e. The van der Waals surface area contributed by atoms with Gasteiger partial charge >= 0.3 is 0 Å². The zero-order valence-electron chi connectivity index (χ0n) is 16.1. The minimum atomic E-state index is -0.323. The fourth-order valence-electron chi connectivity index (χ4n) is 2.40. The Balaban J connectivity index is 1.59. The van der Waals surface area contributed by atoms with Crippen LogP contribution in [0.1, 0.15) is 24.6 Å². The average molecular weight is 490 g/mol. The molecule has 0 atom stereocenters. The van der Waals surface area contributed by atoms with Crippen molar-refractivity contribution in [2.24, 2.45) is 0 Å². The van der Waals surface area contributed by atoms with Crippen molar-refractivity contribution in [2.75, 3.05) is 5.32 Å². The number of aryl methyl sites for hydroxylation is 1. The van der Waals surface area contributed by atoms with Crippen molar-refractivity contribution in [1.82, 2.24) is 20.8 Å². The van der Waals surface area contributed by atoms with Crippen molar-refractivity contribution in [3.63, 3.8) is 0 Å². The molecule has 1 aromatic carbocycles. The van der Waals surface area contributed by atoms with Crippen LogP contribution in [0.2, 0.25) is 0 Å². The molecule has 3 N–H and O–H groups in total. The maximum atomic E-state index is 11.7. The molecular weight excluding hydrogens is 470 g/mol. The van der Waals surface area contributed by atoms with Crippen molar-refractivity contribution in [3.05, 3.63) is 63.7 Å². The van der Waals surface area contributed by atoms with E-state index in [0.717, 1.165) is 15.7 Å². The topological polar surface area (TPSA) is 105 Å². The molecule has 2 heterocycles. The number of aromatic nitrogens is 2.